The SMILES string of the molecule is CC(C)N(C1=PP1C([Si](C)(C)C)[Si](C)(C)C)[Si](C)(C)C. The molecule has 20 heavy (non-hydrogen) atoms. The Labute approximate surface area is 133 Å². The fraction of sp³-hybridized carbons (Fsp3) is 0.929. The van der Waals surface area contributed by atoms with Crippen molar-refractivity contribution < 1.29 is 0 Å². The number of hydrogen-bond donors (Lipinski definition) is 0. The first kappa shape index (κ1) is 19.3. The molecule has 6 heteroatoms. The lowest BCUT2D eigenvalue weighted by Gasteiger charge is -2.41. The molecule has 0 bridgehead atoms. The second-order valence-electron chi connectivity index (χ2n) is 9.51. The van der Waals surface area contributed by atoms with Gasteiger partial charge < -0.3 is 0 Å². The van der Waals surface area contributed by atoms with Crippen LogP contribution in [0.3, 0.4) is 0 Å². The summed E-state index contributed by atoms with van der Waals surface area (Å²) in [5.41, 5.74) is 0. The summed E-state index contributed by atoms with van der Waals surface area (Å²) in [5, 5.41) is 1.86. The van der Waals surface area contributed by atoms with Gasteiger partial charge in [-0.2, -0.15) is 0 Å². The molecular weight excluding hydrogens is 328 g/mol. The van der Waals surface area contributed by atoms with Crippen LogP contribution in [0.2, 0.25) is 58.9 Å². The third kappa shape index (κ3) is 4.60. The minimum Gasteiger partial charge on any atom is -0.289 e. The Kier molecular flexibility index (Phi) is 5.79. The highest BCUT2D eigenvalue weighted by atomic mass is 32.1. The zero-order valence-corrected chi connectivity index (χ0v) is 20.3. The lowest BCUT2D eigenvalue weighted by molar-refractivity contribution is 0.518. The van der Waals surface area contributed by atoms with Gasteiger partial charge in [-0.25, -0.2) is 0 Å². The molecule has 0 saturated heterocycles. The average Bonchev–Trinajstić information content (AvgIpc) is 2.73. The molecular formula is C14H35NP2Si3. The summed E-state index contributed by atoms with van der Waals surface area (Å²) in [4.78, 5) is 1.10. The van der Waals surface area contributed by atoms with Crippen molar-refractivity contribution in [2.45, 2.75) is 83.7 Å². The molecule has 1 nitrogen and oxygen atoms in total. The van der Waals surface area contributed by atoms with Gasteiger partial charge in [-0.1, -0.05) is 72.8 Å². The first-order valence-electron chi connectivity index (χ1n) is 7.84. The summed E-state index contributed by atoms with van der Waals surface area (Å²) in [6, 6.07) is 0.695. The van der Waals surface area contributed by atoms with Crippen LogP contribution in [0.4, 0.5) is 0 Å². The molecule has 0 aromatic carbocycles. The molecule has 0 aromatic heterocycles. The van der Waals surface area contributed by atoms with Gasteiger partial charge in [0.25, 0.3) is 0 Å². The van der Waals surface area contributed by atoms with E-state index in [1.807, 2.05) is 5.16 Å². The maximum atomic E-state index is 2.87. The van der Waals surface area contributed by atoms with Crippen molar-refractivity contribution >= 4 is 45.0 Å². The summed E-state index contributed by atoms with van der Waals surface area (Å²) in [5.74, 6) is 0. The van der Waals surface area contributed by atoms with Crippen LogP contribution in [0.25, 0.3) is 0 Å². The van der Waals surface area contributed by atoms with Crippen LogP contribution in [0, 0.1) is 0 Å². The summed E-state index contributed by atoms with van der Waals surface area (Å²) >= 11 is 0. The van der Waals surface area contributed by atoms with Crippen molar-refractivity contribution in [3.05, 3.63) is 0 Å². The average molecular weight is 364 g/mol. The molecule has 1 unspecified atom stereocenters. The summed E-state index contributed by atoms with van der Waals surface area (Å²) < 4.78 is 2.87. The topological polar surface area (TPSA) is 3.24 Å². The van der Waals surface area contributed by atoms with Crippen LogP contribution < -0.4 is 0 Å². The van der Waals surface area contributed by atoms with Crippen LogP contribution in [-0.4, -0.2) is 45.1 Å². The van der Waals surface area contributed by atoms with E-state index in [-0.39, 0.29) is 7.61 Å². The van der Waals surface area contributed by atoms with Crippen molar-refractivity contribution in [2.24, 2.45) is 0 Å². The predicted molar refractivity (Wildman–Crippen MR) is 110 cm³/mol. The van der Waals surface area contributed by atoms with E-state index >= 15 is 0 Å². The third-order valence-corrected chi connectivity index (χ3v) is 26.4. The zero-order chi connectivity index (χ0) is 16.1. The Hall–Kier alpha value is 1.21. The first-order chi connectivity index (χ1) is 8.67. The van der Waals surface area contributed by atoms with Crippen LogP contribution in [0.15, 0.2) is 0 Å². The fourth-order valence-electron chi connectivity index (χ4n) is 3.74. The number of nitrogens with zero attached hydrogens (tertiary/aromatic N) is 1. The maximum absolute atomic E-state index is 2.87. The van der Waals surface area contributed by atoms with E-state index in [0.29, 0.717) is 6.04 Å². The highest BCUT2D eigenvalue weighted by Gasteiger charge is 2.51. The quantitative estimate of drug-likeness (QED) is 0.407. The van der Waals surface area contributed by atoms with Gasteiger partial charge in [-0.3, -0.25) is 4.57 Å². The van der Waals surface area contributed by atoms with Gasteiger partial charge in [0, 0.05) is 11.2 Å². The second kappa shape index (κ2) is 6.02. The molecule has 0 fully saturated rings. The van der Waals surface area contributed by atoms with E-state index in [1.54, 1.807) is 7.89 Å². The van der Waals surface area contributed by atoms with E-state index in [0.717, 1.165) is 4.91 Å². The molecule has 0 aromatic rings. The van der Waals surface area contributed by atoms with Crippen LogP contribution in [0.5, 0.6) is 0 Å². The van der Waals surface area contributed by atoms with Crippen LogP contribution >= 0.6 is 15.5 Å². The highest BCUT2D eigenvalue weighted by Crippen LogP contribution is 2.75. The molecule has 0 saturated carbocycles. The van der Waals surface area contributed by atoms with Gasteiger partial charge >= 0.3 is 0 Å². The lowest BCUT2D eigenvalue weighted by Crippen LogP contribution is -2.54. The maximum Gasteiger partial charge on any atom is 0.125 e. The third-order valence-electron chi connectivity index (χ3n) is 3.70. The van der Waals surface area contributed by atoms with Gasteiger partial charge in [0.2, 0.25) is 0 Å². The molecule has 0 N–H and O–H groups in total. The van der Waals surface area contributed by atoms with Crippen molar-refractivity contribution in [3.63, 3.8) is 0 Å². The largest absolute Gasteiger partial charge is 0.289 e. The van der Waals surface area contributed by atoms with E-state index in [1.165, 1.54) is 0 Å². The number of rotatable bonds is 6. The van der Waals surface area contributed by atoms with Gasteiger partial charge in [-0.15, -0.1) is 0 Å². The molecule has 1 atom stereocenters. The Bertz CT molecular complexity index is 375. The Morgan fingerprint density at radius 2 is 1.25 bits per heavy atom. The fourth-order valence-corrected chi connectivity index (χ4v) is 37.0. The normalized spacial score (nSPS) is 21.7. The van der Waals surface area contributed by atoms with E-state index in [4.69, 9.17) is 0 Å². The summed E-state index contributed by atoms with van der Waals surface area (Å²) in [6.45, 7) is 28.0. The van der Waals surface area contributed by atoms with Crippen LogP contribution in [-0.2, 0) is 0 Å². The molecule has 0 amide bonds. The Balaban J connectivity index is 2.99. The Morgan fingerprint density at radius 3 is 1.50 bits per heavy atom. The lowest BCUT2D eigenvalue weighted by atomic mass is 10.4. The van der Waals surface area contributed by atoms with Crippen molar-refractivity contribution in [1.82, 2.24) is 4.57 Å². The van der Waals surface area contributed by atoms with Gasteiger partial charge in [0.15, 0.2) is 0 Å². The zero-order valence-electron chi connectivity index (χ0n) is 15.5. The molecule has 1 rings (SSSR count). The number of hydrogen-bond acceptors (Lipinski definition) is 1. The molecule has 0 spiro atoms. The highest BCUT2D eigenvalue weighted by molar-refractivity contribution is 8.48. The second-order valence-corrected chi connectivity index (χ2v) is 31.0. The molecule has 0 aliphatic carbocycles. The molecule has 1 heterocycles. The minimum absolute atomic E-state index is 0.183. The molecule has 118 valence electrons. The summed E-state index contributed by atoms with van der Waals surface area (Å²) in [6.07, 6.45) is 0. The van der Waals surface area contributed by atoms with Crippen molar-refractivity contribution in [2.75, 3.05) is 0 Å². The molecule has 1 aliphatic heterocycles. The van der Waals surface area contributed by atoms with Gasteiger partial charge in [0.05, 0.1) is 16.1 Å². The monoisotopic (exact) mass is 363 g/mol. The predicted octanol–water partition coefficient (Wildman–Crippen LogP) is 6.10. The van der Waals surface area contributed by atoms with Crippen molar-refractivity contribution in [1.29, 1.82) is 0 Å². The van der Waals surface area contributed by atoms with Crippen molar-refractivity contribution in [3.8, 4) is 0 Å². The Morgan fingerprint density at radius 1 is 0.850 bits per heavy atom. The smallest absolute Gasteiger partial charge is 0.125 e. The van der Waals surface area contributed by atoms with E-state index in [2.05, 4.69) is 77.3 Å². The standard InChI is InChI=1S/C14H35NP2Si3/c1-12(2)15(20(9,10)11)13-16-17(13)14(18(3,4)5)19(6,7)8/h12,14H,1-11H3. The van der Waals surface area contributed by atoms with E-state index < -0.39 is 24.4 Å². The van der Waals surface area contributed by atoms with Crippen LogP contribution in [0.1, 0.15) is 13.8 Å². The van der Waals surface area contributed by atoms with Gasteiger partial charge in [0.1, 0.15) is 8.24 Å². The summed E-state index contributed by atoms with van der Waals surface area (Å²) in [7, 11) is -1.40. The molecule has 0 radical (unpaired) electrons. The minimum atomic E-state index is -1.22. The van der Waals surface area contributed by atoms with Gasteiger partial charge in [-0.05, 0) is 20.4 Å². The molecule has 1 aliphatic rings. The van der Waals surface area contributed by atoms with E-state index in [9.17, 15) is 0 Å². The first-order valence-corrected chi connectivity index (χ1v) is 21.5.